The van der Waals surface area contributed by atoms with Crippen LogP contribution in [0.2, 0.25) is 0 Å². The Morgan fingerprint density at radius 2 is 1.71 bits per heavy atom. The lowest BCUT2D eigenvalue weighted by atomic mass is 10.1. The number of benzene rings is 3. The predicted octanol–water partition coefficient (Wildman–Crippen LogP) is 5.86. The molecule has 9 heteroatoms. The number of barbiturate groups is 1. The number of halogens is 2. The van der Waals surface area contributed by atoms with Crippen molar-refractivity contribution in [1.29, 1.82) is 0 Å². The first-order valence-corrected chi connectivity index (χ1v) is 12.3. The molecule has 0 saturated carbocycles. The molecule has 0 radical (unpaired) electrons. The summed E-state index contributed by atoms with van der Waals surface area (Å²) >= 11 is 6.85. The van der Waals surface area contributed by atoms with Crippen LogP contribution in [-0.2, 0) is 16.2 Å². The maximum atomic E-state index is 13.2. The molecule has 35 heavy (non-hydrogen) atoms. The number of ether oxygens (including phenoxy) is 2. The number of rotatable bonds is 7. The molecule has 7 nitrogen and oxygen atoms in total. The molecule has 0 unspecified atom stereocenters. The van der Waals surface area contributed by atoms with Gasteiger partial charge in [0.25, 0.3) is 11.8 Å². The van der Waals surface area contributed by atoms with Gasteiger partial charge in [-0.25, -0.2) is 9.69 Å². The zero-order valence-corrected chi connectivity index (χ0v) is 21.8. The Labute approximate surface area is 219 Å². The van der Waals surface area contributed by atoms with Crippen molar-refractivity contribution in [2.24, 2.45) is 0 Å². The van der Waals surface area contributed by atoms with Crippen LogP contribution in [0.1, 0.15) is 18.1 Å². The number of carbonyl (C=O) groups is 3. The highest BCUT2D eigenvalue weighted by molar-refractivity contribution is 9.10. The standard InChI is InChI=1S/C26H20Br2N2O5/c1-2-34-22-13-17(12-21(28)23(22)35-15-16-7-4-3-5-8-16)11-20-24(31)29-26(33)30(25(20)32)19-10-6-9-18(27)14-19/h3-14H,2,15H2,1H3,(H,29,31,33)/b20-11+. The number of nitrogens with zero attached hydrogens (tertiary/aromatic N) is 1. The topological polar surface area (TPSA) is 84.9 Å². The molecule has 1 aliphatic heterocycles. The summed E-state index contributed by atoms with van der Waals surface area (Å²) in [6.45, 7) is 2.57. The summed E-state index contributed by atoms with van der Waals surface area (Å²) in [5, 5.41) is 2.23. The van der Waals surface area contributed by atoms with Crippen molar-refractivity contribution in [3.05, 3.63) is 92.4 Å². The molecule has 0 spiro atoms. The Morgan fingerprint density at radius 1 is 0.943 bits per heavy atom. The zero-order chi connectivity index (χ0) is 24.9. The molecular weight excluding hydrogens is 580 g/mol. The minimum Gasteiger partial charge on any atom is -0.490 e. The molecule has 1 aliphatic rings. The summed E-state index contributed by atoms with van der Waals surface area (Å²) in [5.74, 6) is -0.545. The lowest BCUT2D eigenvalue weighted by Crippen LogP contribution is -2.54. The van der Waals surface area contributed by atoms with Crippen LogP contribution in [0.25, 0.3) is 6.08 Å². The third-order valence-electron chi connectivity index (χ3n) is 5.04. The molecule has 3 aromatic carbocycles. The van der Waals surface area contributed by atoms with Crippen molar-refractivity contribution in [3.8, 4) is 11.5 Å². The smallest absolute Gasteiger partial charge is 0.335 e. The fourth-order valence-electron chi connectivity index (χ4n) is 3.48. The Kier molecular flexibility index (Phi) is 7.67. The van der Waals surface area contributed by atoms with Gasteiger partial charge in [0.1, 0.15) is 12.2 Å². The van der Waals surface area contributed by atoms with E-state index >= 15 is 0 Å². The number of nitrogens with one attached hydrogen (secondary N) is 1. The average Bonchev–Trinajstić information content (AvgIpc) is 2.82. The lowest BCUT2D eigenvalue weighted by molar-refractivity contribution is -0.122. The van der Waals surface area contributed by atoms with Crippen molar-refractivity contribution in [1.82, 2.24) is 5.32 Å². The van der Waals surface area contributed by atoms with E-state index in [1.165, 1.54) is 6.08 Å². The quantitative estimate of drug-likeness (QED) is 0.272. The van der Waals surface area contributed by atoms with Gasteiger partial charge in [0.15, 0.2) is 11.5 Å². The van der Waals surface area contributed by atoms with Crippen molar-refractivity contribution in [2.45, 2.75) is 13.5 Å². The third kappa shape index (κ3) is 5.63. The number of anilines is 1. The van der Waals surface area contributed by atoms with E-state index in [9.17, 15) is 14.4 Å². The number of amides is 4. The third-order valence-corrected chi connectivity index (χ3v) is 6.12. The Balaban J connectivity index is 1.67. The van der Waals surface area contributed by atoms with E-state index in [1.807, 2.05) is 37.3 Å². The van der Waals surface area contributed by atoms with Crippen LogP contribution in [0, 0.1) is 0 Å². The molecule has 0 atom stereocenters. The van der Waals surface area contributed by atoms with Gasteiger partial charge in [-0.2, -0.15) is 0 Å². The van der Waals surface area contributed by atoms with Crippen LogP contribution in [0.3, 0.4) is 0 Å². The van der Waals surface area contributed by atoms with Gasteiger partial charge in [-0.15, -0.1) is 0 Å². The molecule has 0 bridgehead atoms. The molecule has 1 N–H and O–H groups in total. The van der Waals surface area contributed by atoms with E-state index in [4.69, 9.17) is 9.47 Å². The summed E-state index contributed by atoms with van der Waals surface area (Å²) in [4.78, 5) is 39.1. The maximum Gasteiger partial charge on any atom is 0.335 e. The molecule has 1 saturated heterocycles. The molecular formula is C26H20Br2N2O5. The Hall–Kier alpha value is -3.43. The van der Waals surface area contributed by atoms with Gasteiger partial charge >= 0.3 is 6.03 Å². The summed E-state index contributed by atoms with van der Waals surface area (Å²) < 4.78 is 13.1. The summed E-state index contributed by atoms with van der Waals surface area (Å²) in [7, 11) is 0. The van der Waals surface area contributed by atoms with Crippen LogP contribution >= 0.6 is 31.9 Å². The van der Waals surface area contributed by atoms with E-state index in [-0.39, 0.29) is 5.57 Å². The van der Waals surface area contributed by atoms with E-state index in [2.05, 4.69) is 37.2 Å². The second-order valence-electron chi connectivity index (χ2n) is 7.47. The number of imide groups is 2. The van der Waals surface area contributed by atoms with Crippen LogP contribution in [0.5, 0.6) is 11.5 Å². The largest absolute Gasteiger partial charge is 0.490 e. The van der Waals surface area contributed by atoms with Crippen LogP contribution in [-0.4, -0.2) is 24.5 Å². The highest BCUT2D eigenvalue weighted by Gasteiger charge is 2.37. The van der Waals surface area contributed by atoms with Crippen molar-refractivity contribution >= 4 is 61.5 Å². The number of hydrogen-bond acceptors (Lipinski definition) is 5. The first kappa shape index (κ1) is 24.7. The zero-order valence-electron chi connectivity index (χ0n) is 18.6. The van der Waals surface area contributed by atoms with Gasteiger partial charge in [-0.3, -0.25) is 14.9 Å². The first-order valence-electron chi connectivity index (χ1n) is 10.7. The molecule has 0 aliphatic carbocycles. The Bertz CT molecular complexity index is 1320. The monoisotopic (exact) mass is 598 g/mol. The summed E-state index contributed by atoms with van der Waals surface area (Å²) in [5.41, 5.74) is 1.67. The van der Waals surface area contributed by atoms with Crippen molar-refractivity contribution < 1.29 is 23.9 Å². The second kappa shape index (κ2) is 10.9. The van der Waals surface area contributed by atoms with Gasteiger partial charge in [0.2, 0.25) is 0 Å². The van der Waals surface area contributed by atoms with Crippen LogP contribution < -0.4 is 19.7 Å². The average molecular weight is 600 g/mol. The van der Waals surface area contributed by atoms with Crippen LogP contribution in [0.4, 0.5) is 10.5 Å². The fourth-order valence-corrected chi connectivity index (χ4v) is 4.44. The van der Waals surface area contributed by atoms with E-state index in [0.717, 1.165) is 10.5 Å². The second-order valence-corrected chi connectivity index (χ2v) is 9.25. The molecule has 178 valence electrons. The van der Waals surface area contributed by atoms with E-state index in [1.54, 1.807) is 36.4 Å². The van der Waals surface area contributed by atoms with Crippen molar-refractivity contribution in [2.75, 3.05) is 11.5 Å². The molecule has 1 fully saturated rings. The molecule has 1 heterocycles. The van der Waals surface area contributed by atoms with Crippen molar-refractivity contribution in [3.63, 3.8) is 0 Å². The highest BCUT2D eigenvalue weighted by atomic mass is 79.9. The van der Waals surface area contributed by atoms with E-state index < -0.39 is 17.8 Å². The normalized spacial score (nSPS) is 14.8. The van der Waals surface area contributed by atoms with Gasteiger partial charge in [0.05, 0.1) is 16.8 Å². The van der Waals surface area contributed by atoms with Crippen LogP contribution in [0.15, 0.2) is 81.2 Å². The Morgan fingerprint density at radius 3 is 2.43 bits per heavy atom. The molecule has 0 aromatic heterocycles. The fraction of sp³-hybridized carbons (Fsp3) is 0.115. The summed E-state index contributed by atoms with van der Waals surface area (Å²) in [6, 6.07) is 19.0. The lowest BCUT2D eigenvalue weighted by Gasteiger charge is -2.26. The first-order chi connectivity index (χ1) is 16.9. The molecule has 4 amide bonds. The van der Waals surface area contributed by atoms with Gasteiger partial charge in [-0.05, 0) is 70.4 Å². The number of hydrogen-bond donors (Lipinski definition) is 1. The maximum absolute atomic E-state index is 13.2. The van der Waals surface area contributed by atoms with Gasteiger partial charge in [-0.1, -0.05) is 52.3 Å². The molecule has 3 aromatic rings. The minimum atomic E-state index is -0.809. The summed E-state index contributed by atoms with van der Waals surface area (Å²) in [6.07, 6.45) is 1.42. The SMILES string of the molecule is CCOc1cc(/C=C2\C(=O)NC(=O)N(c3cccc(Br)c3)C2=O)cc(Br)c1OCc1ccccc1. The van der Waals surface area contributed by atoms with Gasteiger partial charge < -0.3 is 9.47 Å². The number of carbonyl (C=O) groups excluding carboxylic acids is 3. The predicted molar refractivity (Wildman–Crippen MR) is 139 cm³/mol. The highest BCUT2D eigenvalue weighted by Crippen LogP contribution is 2.38. The molecule has 4 rings (SSSR count). The minimum absolute atomic E-state index is 0.183. The van der Waals surface area contributed by atoms with E-state index in [0.29, 0.717) is 44.9 Å². The van der Waals surface area contributed by atoms with Gasteiger partial charge in [0, 0.05) is 4.47 Å². The number of urea groups is 1.